The molecule has 0 bridgehead atoms. The minimum atomic E-state index is -0.791. The zero-order valence-corrected chi connectivity index (χ0v) is 12.3. The van der Waals surface area contributed by atoms with Crippen LogP contribution in [0.2, 0.25) is 0 Å². The molecule has 4 amide bonds. The van der Waals surface area contributed by atoms with Crippen LogP contribution in [-0.4, -0.2) is 46.8 Å². The van der Waals surface area contributed by atoms with Gasteiger partial charge in [0.1, 0.15) is 12.4 Å². The van der Waals surface area contributed by atoms with Crippen molar-refractivity contribution in [2.75, 3.05) is 13.2 Å². The van der Waals surface area contributed by atoms with Gasteiger partial charge in [-0.25, -0.2) is 4.79 Å². The van der Waals surface area contributed by atoms with E-state index in [-0.39, 0.29) is 19.2 Å². The van der Waals surface area contributed by atoms with Crippen molar-refractivity contribution in [1.29, 1.82) is 0 Å². The average molecular weight is 290 g/mol. The second-order valence-electron chi connectivity index (χ2n) is 5.17. The molecule has 0 unspecified atom stereocenters. The summed E-state index contributed by atoms with van der Waals surface area (Å²) in [7, 11) is 0. The Morgan fingerprint density at radius 2 is 1.67 bits per heavy atom. The number of carbonyl (C=O) groups excluding carboxylic acids is 3. The lowest BCUT2D eigenvalue weighted by Gasteiger charge is -2.18. The number of hydrogen-bond donors (Lipinski definition) is 0. The molecule has 0 spiro atoms. The Morgan fingerprint density at radius 3 is 2.19 bits per heavy atom. The van der Waals surface area contributed by atoms with Gasteiger partial charge in [0, 0.05) is 6.04 Å². The first kappa shape index (κ1) is 15.0. The van der Waals surface area contributed by atoms with E-state index in [2.05, 4.69) is 0 Å². The summed E-state index contributed by atoms with van der Waals surface area (Å²) in [5.41, 5.74) is 1.12. The normalized spacial score (nSPS) is 15.3. The van der Waals surface area contributed by atoms with E-state index in [4.69, 9.17) is 4.74 Å². The molecule has 6 nitrogen and oxygen atoms in total. The third-order valence-electron chi connectivity index (χ3n) is 3.20. The topological polar surface area (TPSA) is 66.9 Å². The number of urea groups is 1. The highest BCUT2D eigenvalue weighted by atomic mass is 16.5. The molecule has 2 rings (SSSR count). The number of imide groups is 2. The van der Waals surface area contributed by atoms with E-state index in [0.29, 0.717) is 5.75 Å². The summed E-state index contributed by atoms with van der Waals surface area (Å²) >= 11 is 0. The molecule has 0 aromatic heterocycles. The first-order valence-corrected chi connectivity index (χ1v) is 6.80. The number of rotatable bonds is 5. The Hall–Kier alpha value is -2.37. The van der Waals surface area contributed by atoms with E-state index in [9.17, 15) is 14.4 Å². The quantitative estimate of drug-likeness (QED) is 0.610. The van der Waals surface area contributed by atoms with Crippen LogP contribution in [0.15, 0.2) is 24.3 Å². The van der Waals surface area contributed by atoms with Crippen molar-refractivity contribution >= 4 is 17.8 Å². The Morgan fingerprint density at radius 1 is 1.05 bits per heavy atom. The maximum absolute atomic E-state index is 12.0. The summed E-state index contributed by atoms with van der Waals surface area (Å²) in [5, 5.41) is 0. The summed E-state index contributed by atoms with van der Waals surface area (Å²) in [6, 6.07) is 6.53. The van der Waals surface area contributed by atoms with E-state index < -0.39 is 17.8 Å². The van der Waals surface area contributed by atoms with Gasteiger partial charge < -0.3 is 4.74 Å². The van der Waals surface area contributed by atoms with Gasteiger partial charge in [-0.05, 0) is 32.9 Å². The highest BCUT2D eigenvalue weighted by Gasteiger charge is 2.45. The maximum Gasteiger partial charge on any atom is 0.334 e. The van der Waals surface area contributed by atoms with Crippen molar-refractivity contribution < 1.29 is 19.1 Å². The summed E-state index contributed by atoms with van der Waals surface area (Å²) in [4.78, 5) is 37.4. The Labute approximate surface area is 123 Å². The fourth-order valence-corrected chi connectivity index (χ4v) is 2.06. The predicted molar refractivity (Wildman–Crippen MR) is 75.8 cm³/mol. The Balaban J connectivity index is 1.94. The van der Waals surface area contributed by atoms with Gasteiger partial charge in [-0.15, -0.1) is 0 Å². The van der Waals surface area contributed by atoms with Crippen LogP contribution in [-0.2, 0) is 9.59 Å². The Bertz CT molecular complexity index is 566. The number of amides is 4. The molecule has 1 aromatic rings. The highest BCUT2D eigenvalue weighted by molar-refractivity contribution is 6.44. The first-order chi connectivity index (χ1) is 9.91. The summed E-state index contributed by atoms with van der Waals surface area (Å²) < 4.78 is 5.47. The van der Waals surface area contributed by atoms with E-state index in [1.807, 2.05) is 31.2 Å². The number of carbonyl (C=O) groups is 3. The second kappa shape index (κ2) is 5.95. The Kier molecular flexibility index (Phi) is 4.26. The van der Waals surface area contributed by atoms with Crippen molar-refractivity contribution in [3.8, 4) is 5.75 Å². The lowest BCUT2D eigenvalue weighted by Crippen LogP contribution is -2.39. The van der Waals surface area contributed by atoms with Crippen LogP contribution in [0, 0.1) is 6.92 Å². The largest absolute Gasteiger partial charge is 0.492 e. The predicted octanol–water partition coefficient (Wildman–Crippen LogP) is 1.57. The fraction of sp³-hybridized carbons (Fsp3) is 0.400. The molecule has 0 radical (unpaired) electrons. The average Bonchev–Trinajstić information content (AvgIpc) is 2.64. The van der Waals surface area contributed by atoms with E-state index in [1.54, 1.807) is 13.8 Å². The van der Waals surface area contributed by atoms with Gasteiger partial charge in [-0.3, -0.25) is 19.4 Å². The number of benzene rings is 1. The smallest absolute Gasteiger partial charge is 0.334 e. The fourth-order valence-electron chi connectivity index (χ4n) is 2.06. The molecule has 0 aliphatic carbocycles. The monoisotopic (exact) mass is 290 g/mol. The minimum absolute atomic E-state index is 0.0561. The number of nitrogens with zero attached hydrogens (tertiary/aromatic N) is 2. The van der Waals surface area contributed by atoms with Crippen LogP contribution in [0.3, 0.4) is 0 Å². The third-order valence-corrected chi connectivity index (χ3v) is 3.20. The number of ether oxygens (including phenoxy) is 1. The number of aryl methyl sites for hydroxylation is 1. The third kappa shape index (κ3) is 3.04. The molecule has 1 heterocycles. The van der Waals surface area contributed by atoms with Crippen molar-refractivity contribution in [3.05, 3.63) is 29.8 Å². The maximum atomic E-state index is 12.0. The van der Waals surface area contributed by atoms with Crippen LogP contribution in [0.1, 0.15) is 19.4 Å². The van der Waals surface area contributed by atoms with Gasteiger partial charge in [-0.2, -0.15) is 0 Å². The van der Waals surface area contributed by atoms with Gasteiger partial charge in [0.2, 0.25) is 0 Å². The molecular weight excluding hydrogens is 272 g/mol. The minimum Gasteiger partial charge on any atom is -0.492 e. The lowest BCUT2D eigenvalue weighted by molar-refractivity contribution is -0.143. The first-order valence-electron chi connectivity index (χ1n) is 6.80. The molecule has 1 fully saturated rings. The number of hydrogen-bond acceptors (Lipinski definition) is 4. The molecule has 1 aliphatic heterocycles. The highest BCUT2D eigenvalue weighted by Crippen LogP contribution is 2.16. The van der Waals surface area contributed by atoms with E-state index in [0.717, 1.165) is 15.4 Å². The van der Waals surface area contributed by atoms with E-state index >= 15 is 0 Å². The van der Waals surface area contributed by atoms with Gasteiger partial charge in [-0.1, -0.05) is 17.7 Å². The molecule has 0 atom stereocenters. The molecule has 1 aromatic carbocycles. The lowest BCUT2D eigenvalue weighted by atomic mass is 10.2. The van der Waals surface area contributed by atoms with Crippen molar-refractivity contribution in [3.63, 3.8) is 0 Å². The van der Waals surface area contributed by atoms with Gasteiger partial charge in [0.25, 0.3) is 0 Å². The van der Waals surface area contributed by atoms with E-state index in [1.165, 1.54) is 0 Å². The standard InChI is InChI=1S/C15H18N2O4/c1-10(2)17-14(19)13(18)16(15(17)20)8-9-21-12-6-4-11(3)5-7-12/h4-7,10H,8-9H2,1-3H3. The summed E-state index contributed by atoms with van der Waals surface area (Å²) in [6.45, 7) is 5.56. The molecule has 1 saturated heterocycles. The molecule has 1 aliphatic rings. The van der Waals surface area contributed by atoms with Crippen LogP contribution in [0.4, 0.5) is 4.79 Å². The van der Waals surface area contributed by atoms with Gasteiger partial charge in [0.15, 0.2) is 0 Å². The molecule has 21 heavy (non-hydrogen) atoms. The van der Waals surface area contributed by atoms with Crippen LogP contribution in [0.25, 0.3) is 0 Å². The van der Waals surface area contributed by atoms with Crippen LogP contribution < -0.4 is 4.74 Å². The molecule has 6 heteroatoms. The molecular formula is C15H18N2O4. The van der Waals surface area contributed by atoms with Crippen molar-refractivity contribution in [2.45, 2.75) is 26.8 Å². The zero-order chi connectivity index (χ0) is 15.6. The zero-order valence-electron chi connectivity index (χ0n) is 12.3. The van der Waals surface area contributed by atoms with Crippen LogP contribution in [0.5, 0.6) is 5.75 Å². The molecule has 0 N–H and O–H groups in total. The van der Waals surface area contributed by atoms with Crippen LogP contribution >= 0.6 is 0 Å². The van der Waals surface area contributed by atoms with Gasteiger partial charge >= 0.3 is 17.8 Å². The molecule has 112 valence electrons. The summed E-state index contributed by atoms with van der Waals surface area (Å²) in [6.07, 6.45) is 0. The van der Waals surface area contributed by atoms with Crippen molar-refractivity contribution in [1.82, 2.24) is 9.80 Å². The SMILES string of the molecule is Cc1ccc(OCCN2C(=O)C(=O)N(C(C)C)C2=O)cc1. The molecule has 0 saturated carbocycles. The van der Waals surface area contributed by atoms with Crippen molar-refractivity contribution in [2.24, 2.45) is 0 Å². The second-order valence-corrected chi connectivity index (χ2v) is 5.17. The van der Waals surface area contributed by atoms with Gasteiger partial charge in [0.05, 0.1) is 6.54 Å². The summed E-state index contributed by atoms with van der Waals surface area (Å²) in [5.74, 6) is -0.904.